The van der Waals surface area contributed by atoms with Gasteiger partial charge >= 0.3 is 5.97 Å². The Hall–Kier alpha value is -1.53. The van der Waals surface area contributed by atoms with Gasteiger partial charge in [-0.05, 0) is 31.7 Å². The van der Waals surface area contributed by atoms with Crippen LogP contribution in [-0.4, -0.2) is 21.5 Å². The highest BCUT2D eigenvalue weighted by Gasteiger charge is 2.48. The molecular formula is C12H12Cl2N2O4. The van der Waals surface area contributed by atoms with Gasteiger partial charge in [-0.2, -0.15) is 0 Å². The number of nitrogens with one attached hydrogen (secondary N) is 1. The van der Waals surface area contributed by atoms with Gasteiger partial charge in [0.2, 0.25) is 0 Å². The van der Waals surface area contributed by atoms with Crippen LogP contribution in [-0.2, 0) is 4.79 Å². The Balaban J connectivity index is 2.44. The first-order chi connectivity index (χ1) is 9.25. The zero-order valence-corrected chi connectivity index (χ0v) is 12.0. The van der Waals surface area contributed by atoms with Crippen LogP contribution in [0.1, 0.15) is 19.8 Å². The van der Waals surface area contributed by atoms with Crippen molar-refractivity contribution in [2.75, 3.05) is 5.32 Å². The second kappa shape index (κ2) is 5.10. The van der Waals surface area contributed by atoms with Crippen molar-refractivity contribution in [3.05, 3.63) is 32.3 Å². The number of anilines is 1. The smallest absolute Gasteiger partial charge is 0.329 e. The highest BCUT2D eigenvalue weighted by atomic mass is 35.5. The van der Waals surface area contributed by atoms with Crippen molar-refractivity contribution in [1.82, 2.24) is 0 Å². The van der Waals surface area contributed by atoms with E-state index in [1.807, 2.05) is 0 Å². The van der Waals surface area contributed by atoms with Crippen LogP contribution in [0.5, 0.6) is 0 Å². The molecule has 2 N–H and O–H groups in total. The summed E-state index contributed by atoms with van der Waals surface area (Å²) in [5.41, 5.74) is -1.50. The van der Waals surface area contributed by atoms with Gasteiger partial charge in [0, 0.05) is 6.07 Å². The van der Waals surface area contributed by atoms with Gasteiger partial charge in [0.1, 0.15) is 11.2 Å². The summed E-state index contributed by atoms with van der Waals surface area (Å²) in [6, 6.07) is 2.40. The average Bonchev–Trinajstić information content (AvgIpc) is 3.17. The van der Waals surface area contributed by atoms with E-state index >= 15 is 0 Å². The summed E-state index contributed by atoms with van der Waals surface area (Å²) in [5.74, 6) is -1.12. The minimum atomic E-state index is -1.26. The molecule has 0 bridgehead atoms. The van der Waals surface area contributed by atoms with Crippen molar-refractivity contribution >= 4 is 40.5 Å². The molecule has 0 saturated heterocycles. The Morgan fingerprint density at radius 2 is 2.00 bits per heavy atom. The molecule has 1 aromatic carbocycles. The number of halogens is 2. The van der Waals surface area contributed by atoms with Crippen molar-refractivity contribution in [3.8, 4) is 0 Å². The zero-order valence-electron chi connectivity index (χ0n) is 10.5. The third-order valence-corrected chi connectivity index (χ3v) is 4.19. The van der Waals surface area contributed by atoms with Crippen LogP contribution in [0.15, 0.2) is 12.1 Å². The van der Waals surface area contributed by atoms with Crippen LogP contribution in [0.2, 0.25) is 10.0 Å². The van der Waals surface area contributed by atoms with Crippen molar-refractivity contribution in [1.29, 1.82) is 0 Å². The minimum Gasteiger partial charge on any atom is -0.480 e. The molecule has 0 spiro atoms. The number of aliphatic carboxylic acids is 1. The van der Waals surface area contributed by atoms with Crippen molar-refractivity contribution < 1.29 is 14.8 Å². The first kappa shape index (κ1) is 14.9. The molecule has 0 heterocycles. The minimum absolute atomic E-state index is 0.0485. The molecule has 0 aromatic heterocycles. The van der Waals surface area contributed by atoms with Gasteiger partial charge < -0.3 is 10.4 Å². The molecule has 1 unspecified atom stereocenters. The fourth-order valence-electron chi connectivity index (χ4n) is 2.06. The molecule has 8 heteroatoms. The summed E-state index contributed by atoms with van der Waals surface area (Å²) in [6.07, 6.45) is 1.54. The molecule has 2 rings (SSSR count). The lowest BCUT2D eigenvalue weighted by Crippen LogP contribution is -2.45. The summed E-state index contributed by atoms with van der Waals surface area (Å²) >= 11 is 11.6. The lowest BCUT2D eigenvalue weighted by Gasteiger charge is -2.27. The average molecular weight is 319 g/mol. The second-order valence-electron chi connectivity index (χ2n) is 4.95. The number of nitro groups is 1. The van der Waals surface area contributed by atoms with Crippen LogP contribution >= 0.6 is 23.2 Å². The second-order valence-corrected chi connectivity index (χ2v) is 5.76. The zero-order chi connectivity index (χ0) is 15.1. The maximum absolute atomic E-state index is 11.4. The predicted octanol–water partition coefficient (Wildman–Crippen LogP) is 3.57. The van der Waals surface area contributed by atoms with E-state index in [0.29, 0.717) is 0 Å². The highest BCUT2D eigenvalue weighted by molar-refractivity contribution is 6.42. The Kier molecular flexibility index (Phi) is 3.80. The maximum atomic E-state index is 11.4. The van der Waals surface area contributed by atoms with Gasteiger partial charge in [-0.15, -0.1) is 0 Å². The van der Waals surface area contributed by atoms with E-state index in [-0.39, 0.29) is 27.3 Å². The molecule has 0 aliphatic heterocycles. The fourth-order valence-corrected chi connectivity index (χ4v) is 2.38. The molecular weight excluding hydrogens is 307 g/mol. The van der Waals surface area contributed by atoms with Crippen molar-refractivity contribution in [2.45, 2.75) is 25.3 Å². The summed E-state index contributed by atoms with van der Waals surface area (Å²) in [6.45, 7) is 1.51. The van der Waals surface area contributed by atoms with Crippen LogP contribution in [0, 0.1) is 16.0 Å². The number of benzene rings is 1. The summed E-state index contributed by atoms with van der Waals surface area (Å²) in [4.78, 5) is 21.9. The van der Waals surface area contributed by atoms with Crippen molar-refractivity contribution in [2.24, 2.45) is 5.92 Å². The molecule has 1 saturated carbocycles. The van der Waals surface area contributed by atoms with E-state index in [1.54, 1.807) is 0 Å². The first-order valence-electron chi connectivity index (χ1n) is 5.90. The molecule has 0 radical (unpaired) electrons. The summed E-state index contributed by atoms with van der Waals surface area (Å²) < 4.78 is 0. The molecule has 1 aliphatic carbocycles. The largest absolute Gasteiger partial charge is 0.480 e. The third-order valence-electron chi connectivity index (χ3n) is 3.47. The molecule has 0 amide bonds. The molecule has 108 valence electrons. The molecule has 1 atom stereocenters. The third kappa shape index (κ3) is 2.66. The number of nitrogens with zero attached hydrogens (tertiary/aromatic N) is 1. The Labute approximate surface area is 124 Å². The number of carboxylic acids is 1. The van der Waals surface area contributed by atoms with E-state index in [9.17, 15) is 20.0 Å². The number of hydrogen-bond donors (Lipinski definition) is 2. The SMILES string of the molecule is CC(Nc1cc(Cl)c(Cl)cc1[N+](=O)[O-])(C(=O)O)C1CC1. The van der Waals surface area contributed by atoms with Gasteiger partial charge in [-0.3, -0.25) is 10.1 Å². The van der Waals surface area contributed by atoms with Gasteiger partial charge in [0.05, 0.1) is 15.0 Å². The Bertz CT molecular complexity index is 589. The maximum Gasteiger partial charge on any atom is 0.329 e. The van der Waals surface area contributed by atoms with E-state index in [1.165, 1.54) is 13.0 Å². The number of carbonyl (C=O) groups is 1. The fraction of sp³-hybridized carbons (Fsp3) is 0.417. The van der Waals surface area contributed by atoms with Gasteiger partial charge in [-0.25, -0.2) is 4.79 Å². The van der Waals surface area contributed by atoms with Crippen LogP contribution in [0.25, 0.3) is 0 Å². The van der Waals surface area contributed by atoms with Crippen molar-refractivity contribution in [3.63, 3.8) is 0 Å². The highest BCUT2D eigenvalue weighted by Crippen LogP contribution is 2.44. The number of carboxylic acid groups (broad SMARTS) is 1. The van der Waals surface area contributed by atoms with Crippen LogP contribution < -0.4 is 5.32 Å². The molecule has 1 fully saturated rings. The molecule has 1 aromatic rings. The molecule has 1 aliphatic rings. The normalized spacial score (nSPS) is 17.4. The van der Waals surface area contributed by atoms with E-state index in [0.717, 1.165) is 18.9 Å². The lowest BCUT2D eigenvalue weighted by molar-refractivity contribution is -0.384. The van der Waals surface area contributed by atoms with Gasteiger partial charge in [0.15, 0.2) is 0 Å². The summed E-state index contributed by atoms with van der Waals surface area (Å²) in [7, 11) is 0. The lowest BCUT2D eigenvalue weighted by atomic mass is 9.95. The predicted molar refractivity (Wildman–Crippen MR) is 75.5 cm³/mol. The Morgan fingerprint density at radius 3 is 2.45 bits per heavy atom. The van der Waals surface area contributed by atoms with E-state index < -0.39 is 16.4 Å². The molecule has 20 heavy (non-hydrogen) atoms. The van der Waals surface area contributed by atoms with Crippen LogP contribution in [0.4, 0.5) is 11.4 Å². The van der Waals surface area contributed by atoms with Gasteiger partial charge in [0.25, 0.3) is 5.69 Å². The number of hydrogen-bond acceptors (Lipinski definition) is 4. The topological polar surface area (TPSA) is 92.5 Å². The monoisotopic (exact) mass is 318 g/mol. The van der Waals surface area contributed by atoms with E-state index in [2.05, 4.69) is 5.32 Å². The van der Waals surface area contributed by atoms with Gasteiger partial charge in [-0.1, -0.05) is 23.2 Å². The number of rotatable bonds is 5. The summed E-state index contributed by atoms with van der Waals surface area (Å²) in [5, 5.41) is 23.3. The van der Waals surface area contributed by atoms with Crippen LogP contribution in [0.3, 0.4) is 0 Å². The standard InChI is InChI=1S/C12H12Cl2N2O4/c1-12(11(17)18,6-2-3-6)15-9-4-7(13)8(14)5-10(9)16(19)20/h4-6,15H,2-3H2,1H3,(H,17,18). The molecule has 6 nitrogen and oxygen atoms in total. The Morgan fingerprint density at radius 1 is 1.45 bits per heavy atom. The number of nitro benzene ring substituents is 1. The van der Waals surface area contributed by atoms with E-state index in [4.69, 9.17) is 23.2 Å². The first-order valence-corrected chi connectivity index (χ1v) is 6.66. The quantitative estimate of drug-likeness (QED) is 0.639.